The van der Waals surface area contributed by atoms with E-state index in [0.29, 0.717) is 23.6 Å². The van der Waals surface area contributed by atoms with Gasteiger partial charge in [-0.2, -0.15) is 0 Å². The molecular formula is C14H19N3O3S3. The summed E-state index contributed by atoms with van der Waals surface area (Å²) < 4.78 is 26.5. The van der Waals surface area contributed by atoms with Gasteiger partial charge in [-0.1, -0.05) is 11.8 Å². The zero-order valence-corrected chi connectivity index (χ0v) is 15.4. The van der Waals surface area contributed by atoms with Gasteiger partial charge in [-0.25, -0.2) is 18.1 Å². The Morgan fingerprint density at radius 1 is 1.43 bits per heavy atom. The molecule has 0 aliphatic heterocycles. The second-order valence-corrected chi connectivity index (χ2v) is 8.83. The van der Waals surface area contributed by atoms with Gasteiger partial charge in [-0.05, 0) is 25.5 Å². The number of imidazole rings is 1. The number of aryl methyl sites for hydroxylation is 1. The van der Waals surface area contributed by atoms with Crippen LogP contribution < -0.4 is 4.72 Å². The van der Waals surface area contributed by atoms with E-state index in [9.17, 15) is 13.2 Å². The Hall–Kier alpha value is -1.16. The highest BCUT2D eigenvalue weighted by molar-refractivity contribution is 7.99. The molecule has 2 aromatic rings. The lowest BCUT2D eigenvalue weighted by Gasteiger charge is -2.02. The summed E-state index contributed by atoms with van der Waals surface area (Å²) in [5.74, 6) is 0.409. The topological polar surface area (TPSA) is 81.1 Å². The molecule has 0 amide bonds. The molecule has 0 aliphatic carbocycles. The summed E-state index contributed by atoms with van der Waals surface area (Å²) in [4.78, 5) is 18.1. The van der Waals surface area contributed by atoms with Crippen molar-refractivity contribution in [2.75, 3.05) is 18.6 Å². The van der Waals surface area contributed by atoms with Gasteiger partial charge in [0.25, 0.3) is 0 Å². The zero-order valence-electron chi connectivity index (χ0n) is 13.0. The second-order valence-electron chi connectivity index (χ2n) is 4.89. The Morgan fingerprint density at radius 3 is 2.91 bits per heavy atom. The van der Waals surface area contributed by atoms with Crippen LogP contribution in [0, 0.1) is 0 Å². The summed E-state index contributed by atoms with van der Waals surface area (Å²) >= 11 is 2.84. The average Bonchev–Trinajstić information content (AvgIpc) is 3.12. The molecule has 0 atom stereocenters. The summed E-state index contributed by atoms with van der Waals surface area (Å²) in [6.45, 7) is 3.20. The average molecular weight is 374 g/mol. The van der Waals surface area contributed by atoms with Crippen molar-refractivity contribution in [2.45, 2.75) is 25.0 Å². The Labute approximate surface area is 144 Å². The fourth-order valence-electron chi connectivity index (χ4n) is 1.90. The van der Waals surface area contributed by atoms with Crippen LogP contribution in [-0.4, -0.2) is 42.3 Å². The van der Waals surface area contributed by atoms with Gasteiger partial charge in [-0.15, -0.1) is 11.3 Å². The molecule has 0 unspecified atom stereocenters. The second kappa shape index (κ2) is 8.09. The van der Waals surface area contributed by atoms with Crippen molar-refractivity contribution in [3.63, 3.8) is 0 Å². The lowest BCUT2D eigenvalue weighted by Crippen LogP contribution is -2.23. The zero-order chi connectivity index (χ0) is 16.9. The summed E-state index contributed by atoms with van der Waals surface area (Å²) in [5.41, 5.74) is 0. The highest BCUT2D eigenvalue weighted by Crippen LogP contribution is 2.22. The normalized spacial score (nSPS) is 11.7. The molecule has 0 radical (unpaired) electrons. The van der Waals surface area contributed by atoms with E-state index < -0.39 is 10.0 Å². The summed E-state index contributed by atoms with van der Waals surface area (Å²) in [6, 6.07) is 3.68. The van der Waals surface area contributed by atoms with Crippen LogP contribution in [0.5, 0.6) is 0 Å². The number of Topliss-reactive ketones (excluding diaryl/α,β-unsaturated/α-hetero) is 1. The molecule has 0 bridgehead atoms. The monoisotopic (exact) mass is 373 g/mol. The Balaban J connectivity index is 1.86. The third-order valence-corrected chi connectivity index (χ3v) is 5.94. The molecule has 6 nitrogen and oxygen atoms in total. The molecule has 0 saturated heterocycles. The molecule has 2 heterocycles. The van der Waals surface area contributed by atoms with Crippen LogP contribution in [0.2, 0.25) is 0 Å². The molecular weight excluding hydrogens is 354 g/mol. The smallest absolute Gasteiger partial charge is 0.208 e. The van der Waals surface area contributed by atoms with Gasteiger partial charge in [0.2, 0.25) is 10.0 Å². The molecule has 9 heteroatoms. The van der Waals surface area contributed by atoms with Gasteiger partial charge in [-0.3, -0.25) is 4.79 Å². The van der Waals surface area contributed by atoms with Crippen LogP contribution in [0.1, 0.15) is 21.5 Å². The fourth-order valence-corrected chi connectivity index (χ4v) is 4.32. The number of sulfonamides is 1. The number of carbonyl (C=O) groups excluding carboxylic acids is 1. The van der Waals surface area contributed by atoms with E-state index in [0.717, 1.165) is 22.8 Å². The fraction of sp³-hybridized carbons (Fsp3) is 0.429. The number of hydrogen-bond donors (Lipinski definition) is 1. The van der Waals surface area contributed by atoms with Crippen molar-refractivity contribution in [3.05, 3.63) is 34.3 Å². The number of carbonyl (C=O) groups is 1. The van der Waals surface area contributed by atoms with Gasteiger partial charge in [0.05, 0.1) is 16.9 Å². The number of thiophene rings is 1. The minimum atomic E-state index is -3.17. The molecule has 126 valence electrons. The van der Waals surface area contributed by atoms with E-state index in [1.165, 1.54) is 23.1 Å². The Kier molecular flexibility index (Phi) is 6.40. The van der Waals surface area contributed by atoms with Crippen molar-refractivity contribution in [3.8, 4) is 0 Å². The Morgan fingerprint density at radius 2 is 2.22 bits per heavy atom. The molecule has 0 saturated carbocycles. The number of nitrogens with zero attached hydrogens (tertiary/aromatic N) is 2. The van der Waals surface area contributed by atoms with Gasteiger partial charge >= 0.3 is 0 Å². The first-order valence-corrected chi connectivity index (χ1v) is 10.8. The van der Waals surface area contributed by atoms with E-state index in [2.05, 4.69) is 9.71 Å². The van der Waals surface area contributed by atoms with Gasteiger partial charge in [0, 0.05) is 30.4 Å². The summed E-state index contributed by atoms with van der Waals surface area (Å²) in [7, 11) is -3.17. The van der Waals surface area contributed by atoms with Crippen molar-refractivity contribution in [2.24, 2.45) is 0 Å². The Bertz CT molecular complexity index is 765. The van der Waals surface area contributed by atoms with Gasteiger partial charge in [0.1, 0.15) is 0 Å². The number of aromatic nitrogens is 2. The highest BCUT2D eigenvalue weighted by atomic mass is 32.2. The highest BCUT2D eigenvalue weighted by Gasteiger charge is 2.12. The van der Waals surface area contributed by atoms with E-state index in [1.807, 2.05) is 23.8 Å². The summed E-state index contributed by atoms with van der Waals surface area (Å²) in [6.07, 6.45) is 5.34. The van der Waals surface area contributed by atoms with E-state index in [-0.39, 0.29) is 5.78 Å². The van der Waals surface area contributed by atoms with Gasteiger partial charge in [0.15, 0.2) is 10.9 Å². The van der Waals surface area contributed by atoms with Crippen molar-refractivity contribution >= 4 is 38.9 Å². The number of rotatable bonds is 9. The predicted molar refractivity (Wildman–Crippen MR) is 93.8 cm³/mol. The minimum Gasteiger partial charge on any atom is -0.326 e. The molecule has 0 fully saturated rings. The SMILES string of the molecule is CCn1ccnc1SCC(=O)c1ccc(CCNS(C)(=O)=O)s1. The standard InChI is InChI=1S/C14H19N3O3S3/c1-3-17-9-8-15-14(17)21-10-12(18)13-5-4-11(22-13)6-7-16-23(2,19)20/h4-5,8-9,16H,3,6-7,10H2,1-2H3. The number of nitrogens with one attached hydrogen (secondary N) is 1. The third kappa shape index (κ3) is 5.76. The van der Waals surface area contributed by atoms with Gasteiger partial charge < -0.3 is 4.57 Å². The maximum absolute atomic E-state index is 12.2. The predicted octanol–water partition coefficient (Wildman–Crippen LogP) is 2.03. The number of ketones is 1. The van der Waals surface area contributed by atoms with E-state index in [1.54, 1.807) is 12.3 Å². The molecule has 2 rings (SSSR count). The summed E-state index contributed by atoms with van der Waals surface area (Å²) in [5, 5.41) is 0.843. The first kappa shape index (κ1) is 18.2. The number of thioether (sulfide) groups is 1. The van der Waals surface area contributed by atoms with Crippen LogP contribution in [0.25, 0.3) is 0 Å². The molecule has 0 spiro atoms. The molecule has 0 aromatic carbocycles. The third-order valence-electron chi connectivity index (χ3n) is 3.02. The van der Waals surface area contributed by atoms with Crippen LogP contribution >= 0.6 is 23.1 Å². The lowest BCUT2D eigenvalue weighted by atomic mass is 10.3. The van der Waals surface area contributed by atoms with Crippen LogP contribution in [0.15, 0.2) is 29.7 Å². The molecule has 0 aliphatic rings. The quantitative estimate of drug-likeness (QED) is 0.537. The number of hydrogen-bond acceptors (Lipinski definition) is 6. The maximum atomic E-state index is 12.2. The molecule has 2 aromatic heterocycles. The first-order valence-electron chi connectivity index (χ1n) is 7.09. The first-order chi connectivity index (χ1) is 10.9. The minimum absolute atomic E-state index is 0.0629. The van der Waals surface area contributed by atoms with Crippen LogP contribution in [0.3, 0.4) is 0 Å². The van der Waals surface area contributed by atoms with Crippen LogP contribution in [0.4, 0.5) is 0 Å². The van der Waals surface area contributed by atoms with Crippen molar-refractivity contribution < 1.29 is 13.2 Å². The molecule has 23 heavy (non-hydrogen) atoms. The van der Waals surface area contributed by atoms with E-state index >= 15 is 0 Å². The molecule has 1 N–H and O–H groups in total. The maximum Gasteiger partial charge on any atom is 0.208 e. The largest absolute Gasteiger partial charge is 0.326 e. The van der Waals surface area contributed by atoms with E-state index in [4.69, 9.17) is 0 Å². The van der Waals surface area contributed by atoms with Crippen molar-refractivity contribution in [1.82, 2.24) is 14.3 Å². The lowest BCUT2D eigenvalue weighted by molar-refractivity contribution is 0.102. The van der Waals surface area contributed by atoms with Crippen molar-refractivity contribution in [1.29, 1.82) is 0 Å². The van der Waals surface area contributed by atoms with Crippen LogP contribution in [-0.2, 0) is 23.0 Å².